The third-order valence-corrected chi connectivity index (χ3v) is 6.10. The van der Waals surface area contributed by atoms with E-state index in [-0.39, 0.29) is 52.5 Å². The van der Waals surface area contributed by atoms with Crippen LogP contribution in [0.15, 0.2) is 47.4 Å². The summed E-state index contributed by atoms with van der Waals surface area (Å²) in [4.78, 5) is 34.2. The number of nitrogens with zero attached hydrogens (tertiary/aromatic N) is 1. The van der Waals surface area contributed by atoms with Crippen LogP contribution in [0.1, 0.15) is 37.0 Å². The first kappa shape index (κ1) is 25.6. The second-order valence-corrected chi connectivity index (χ2v) is 8.84. The molecule has 3 N–H and O–H groups in total. The van der Waals surface area contributed by atoms with Gasteiger partial charge in [0.2, 0.25) is 5.91 Å². The highest BCUT2D eigenvalue weighted by molar-refractivity contribution is 7.92. The van der Waals surface area contributed by atoms with E-state index >= 15 is 0 Å². The second-order valence-electron chi connectivity index (χ2n) is 7.15. The van der Waals surface area contributed by atoms with Gasteiger partial charge >= 0.3 is 0 Å². The highest BCUT2D eigenvalue weighted by Gasteiger charge is 2.20. The van der Waals surface area contributed by atoms with Gasteiger partial charge in [0.1, 0.15) is 5.75 Å². The van der Waals surface area contributed by atoms with Crippen LogP contribution < -0.4 is 20.1 Å². The Morgan fingerprint density at radius 3 is 2.39 bits per heavy atom. The molecule has 33 heavy (non-hydrogen) atoms. The number of methoxy groups -OCH3 is 1. The van der Waals surface area contributed by atoms with Gasteiger partial charge in [0, 0.05) is 36.7 Å². The number of nitrogens with one attached hydrogen (secondary N) is 3. The molecule has 0 heterocycles. The lowest BCUT2D eigenvalue weighted by atomic mass is 10.2. The van der Waals surface area contributed by atoms with Crippen LogP contribution >= 0.6 is 0 Å². The number of benzene rings is 2. The third-order valence-electron chi connectivity index (χ3n) is 4.72. The summed E-state index contributed by atoms with van der Waals surface area (Å²) in [5, 5.41) is 16.4. The maximum absolute atomic E-state index is 12.7. The second kappa shape index (κ2) is 11.3. The summed E-state index contributed by atoms with van der Waals surface area (Å²) in [6.45, 7) is 3.97. The van der Waals surface area contributed by atoms with Crippen LogP contribution in [0.25, 0.3) is 0 Å². The molecule has 178 valence electrons. The molecule has 0 aliphatic rings. The van der Waals surface area contributed by atoms with E-state index in [1.807, 2.05) is 13.8 Å². The summed E-state index contributed by atoms with van der Waals surface area (Å²) in [6.07, 6.45) is 0.924. The lowest BCUT2D eigenvalue weighted by Crippen LogP contribution is -2.35. The van der Waals surface area contributed by atoms with Gasteiger partial charge in [0.15, 0.2) is 0 Å². The first-order valence-electron chi connectivity index (χ1n) is 10.1. The molecule has 0 fully saturated rings. The normalized spacial score (nSPS) is 11.8. The Balaban J connectivity index is 2.05. The average molecular weight is 479 g/mol. The number of hydrogen-bond acceptors (Lipinski definition) is 7. The Morgan fingerprint density at radius 1 is 1.15 bits per heavy atom. The predicted octanol–water partition coefficient (Wildman–Crippen LogP) is 2.44. The molecular formula is C21H26N4O7S. The largest absolute Gasteiger partial charge is 0.495 e. The fraction of sp³-hybridized carbons (Fsp3) is 0.333. The van der Waals surface area contributed by atoms with Crippen molar-refractivity contribution in [3.63, 3.8) is 0 Å². The molecule has 2 aromatic carbocycles. The zero-order chi connectivity index (χ0) is 24.6. The Labute approximate surface area is 191 Å². The standard InChI is InChI=1S/C21H26N4O7S/c1-4-14(2)23-20(26)11-12-22-21(27)15-5-8-17(9-6-15)33(30,31)24-18-13-16(25(28)29)7-10-19(18)32-3/h5-10,13-14,24H,4,11-12H2,1-3H3,(H,22,27)(H,23,26). The van der Waals surface area contributed by atoms with Gasteiger partial charge in [-0.1, -0.05) is 6.92 Å². The number of sulfonamides is 1. The lowest BCUT2D eigenvalue weighted by Gasteiger charge is -2.12. The molecule has 0 radical (unpaired) electrons. The molecule has 0 aliphatic heterocycles. The number of rotatable bonds is 11. The van der Waals surface area contributed by atoms with Crippen LogP contribution in [-0.4, -0.2) is 44.9 Å². The van der Waals surface area contributed by atoms with Crippen molar-refractivity contribution in [2.24, 2.45) is 0 Å². The SMILES string of the molecule is CCC(C)NC(=O)CCNC(=O)c1ccc(S(=O)(=O)Nc2cc([N+](=O)[O-])ccc2OC)cc1. The van der Waals surface area contributed by atoms with Gasteiger partial charge in [0.25, 0.3) is 21.6 Å². The number of nitro benzene ring substituents is 1. The van der Waals surface area contributed by atoms with Crippen molar-refractivity contribution >= 4 is 33.2 Å². The summed E-state index contributed by atoms with van der Waals surface area (Å²) in [5.74, 6) is -0.519. The van der Waals surface area contributed by atoms with Crippen molar-refractivity contribution in [1.82, 2.24) is 10.6 Å². The fourth-order valence-corrected chi connectivity index (χ4v) is 3.78. The number of amides is 2. The molecular weight excluding hydrogens is 452 g/mol. The maximum Gasteiger partial charge on any atom is 0.271 e. The molecule has 0 saturated carbocycles. The molecule has 2 amide bonds. The molecule has 0 aliphatic carbocycles. The monoisotopic (exact) mass is 478 g/mol. The van der Waals surface area contributed by atoms with Crippen LogP contribution in [0.4, 0.5) is 11.4 Å². The van der Waals surface area contributed by atoms with E-state index in [1.165, 1.54) is 43.5 Å². The van der Waals surface area contributed by atoms with Crippen LogP contribution in [0.2, 0.25) is 0 Å². The summed E-state index contributed by atoms with van der Waals surface area (Å²) in [5.41, 5.74) is -0.188. The number of non-ortho nitro benzene ring substituents is 1. The van der Waals surface area contributed by atoms with Crippen molar-refractivity contribution in [3.8, 4) is 5.75 Å². The van der Waals surface area contributed by atoms with Crippen molar-refractivity contribution in [3.05, 3.63) is 58.1 Å². The van der Waals surface area contributed by atoms with Gasteiger partial charge in [-0.15, -0.1) is 0 Å². The Bertz CT molecular complexity index is 1120. The molecule has 0 saturated heterocycles. The van der Waals surface area contributed by atoms with Crippen LogP contribution in [0.3, 0.4) is 0 Å². The van der Waals surface area contributed by atoms with Crippen LogP contribution in [0, 0.1) is 10.1 Å². The number of ether oxygens (including phenoxy) is 1. The zero-order valence-electron chi connectivity index (χ0n) is 18.5. The average Bonchev–Trinajstić information content (AvgIpc) is 2.78. The minimum absolute atomic E-state index is 0.0540. The Kier molecular flexibility index (Phi) is 8.74. The highest BCUT2D eigenvalue weighted by Crippen LogP contribution is 2.30. The maximum atomic E-state index is 12.7. The van der Waals surface area contributed by atoms with Gasteiger partial charge in [-0.3, -0.25) is 24.4 Å². The summed E-state index contributed by atoms with van der Waals surface area (Å²) < 4.78 is 32.7. The molecule has 12 heteroatoms. The van der Waals surface area contributed by atoms with Gasteiger partial charge in [-0.25, -0.2) is 8.42 Å². The molecule has 0 aromatic heterocycles. The fourth-order valence-electron chi connectivity index (χ4n) is 2.72. The summed E-state index contributed by atoms with van der Waals surface area (Å²) in [7, 11) is -2.80. The number of nitro groups is 1. The summed E-state index contributed by atoms with van der Waals surface area (Å²) in [6, 6.07) is 8.70. The number of carbonyl (C=O) groups excluding carboxylic acids is 2. The summed E-state index contributed by atoms with van der Waals surface area (Å²) >= 11 is 0. The molecule has 0 spiro atoms. The lowest BCUT2D eigenvalue weighted by molar-refractivity contribution is -0.384. The topological polar surface area (TPSA) is 157 Å². The number of hydrogen-bond donors (Lipinski definition) is 3. The molecule has 0 bridgehead atoms. The molecule has 2 aromatic rings. The van der Waals surface area contributed by atoms with Crippen molar-refractivity contribution < 1.29 is 27.7 Å². The van der Waals surface area contributed by atoms with E-state index in [4.69, 9.17) is 4.74 Å². The van der Waals surface area contributed by atoms with Gasteiger partial charge in [0.05, 0.1) is 22.6 Å². The number of anilines is 1. The molecule has 2 rings (SSSR count). The van der Waals surface area contributed by atoms with E-state index < -0.39 is 20.9 Å². The van der Waals surface area contributed by atoms with Gasteiger partial charge < -0.3 is 15.4 Å². The molecule has 1 atom stereocenters. The van der Waals surface area contributed by atoms with E-state index in [0.29, 0.717) is 0 Å². The number of carbonyl (C=O) groups is 2. The van der Waals surface area contributed by atoms with E-state index in [2.05, 4.69) is 15.4 Å². The molecule has 1 unspecified atom stereocenters. The highest BCUT2D eigenvalue weighted by atomic mass is 32.2. The quantitative estimate of drug-likeness (QED) is 0.331. The third kappa shape index (κ3) is 7.17. The van der Waals surface area contributed by atoms with Crippen molar-refractivity contribution in [2.45, 2.75) is 37.6 Å². The van der Waals surface area contributed by atoms with Gasteiger partial charge in [-0.05, 0) is 43.7 Å². The van der Waals surface area contributed by atoms with E-state index in [0.717, 1.165) is 12.5 Å². The molecule has 11 nitrogen and oxygen atoms in total. The minimum atomic E-state index is -4.11. The van der Waals surface area contributed by atoms with Crippen LogP contribution in [0.5, 0.6) is 5.75 Å². The minimum Gasteiger partial charge on any atom is -0.495 e. The van der Waals surface area contributed by atoms with Crippen molar-refractivity contribution in [1.29, 1.82) is 0 Å². The Hall–Kier alpha value is -3.67. The van der Waals surface area contributed by atoms with E-state index in [9.17, 15) is 28.1 Å². The predicted molar refractivity (Wildman–Crippen MR) is 122 cm³/mol. The van der Waals surface area contributed by atoms with E-state index in [1.54, 1.807) is 0 Å². The Morgan fingerprint density at radius 2 is 1.82 bits per heavy atom. The van der Waals surface area contributed by atoms with Crippen LogP contribution in [-0.2, 0) is 14.8 Å². The first-order valence-corrected chi connectivity index (χ1v) is 11.6. The van der Waals surface area contributed by atoms with Crippen molar-refractivity contribution in [2.75, 3.05) is 18.4 Å². The van der Waals surface area contributed by atoms with Gasteiger partial charge in [-0.2, -0.15) is 0 Å². The zero-order valence-corrected chi connectivity index (χ0v) is 19.3. The smallest absolute Gasteiger partial charge is 0.271 e. The first-order chi connectivity index (χ1) is 15.6.